The van der Waals surface area contributed by atoms with E-state index >= 15 is 0 Å². The third-order valence-corrected chi connectivity index (χ3v) is 2.91. The molecule has 1 rings (SSSR count). The van der Waals surface area contributed by atoms with Gasteiger partial charge >= 0.3 is 0 Å². The number of nitrogens with two attached hydrogens (primary N) is 1. The summed E-state index contributed by atoms with van der Waals surface area (Å²) < 4.78 is 27.6. The normalized spacial score (nSPS) is 14.0. The first-order valence-corrected chi connectivity index (χ1v) is 6.18. The van der Waals surface area contributed by atoms with Crippen LogP contribution in [0.25, 0.3) is 0 Å². The molecular formula is C14H19F2N3. The Morgan fingerprint density at radius 1 is 1.37 bits per heavy atom. The fraction of sp³-hybridized carbons (Fsp3) is 0.500. The Morgan fingerprint density at radius 3 is 2.26 bits per heavy atom. The van der Waals surface area contributed by atoms with E-state index in [2.05, 4.69) is 5.32 Å². The van der Waals surface area contributed by atoms with Crippen LogP contribution in [0.4, 0.5) is 14.5 Å². The molecule has 0 saturated carbocycles. The van der Waals surface area contributed by atoms with Gasteiger partial charge < -0.3 is 11.1 Å². The van der Waals surface area contributed by atoms with Crippen LogP contribution < -0.4 is 11.1 Å². The van der Waals surface area contributed by atoms with Crippen LogP contribution in [-0.4, -0.2) is 12.1 Å². The van der Waals surface area contributed by atoms with Crippen LogP contribution in [0.15, 0.2) is 12.1 Å². The highest BCUT2D eigenvalue weighted by atomic mass is 19.1. The van der Waals surface area contributed by atoms with Gasteiger partial charge in [-0.2, -0.15) is 5.26 Å². The van der Waals surface area contributed by atoms with Crippen LogP contribution in [-0.2, 0) is 0 Å². The molecule has 0 fully saturated rings. The molecule has 3 nitrogen and oxygen atoms in total. The number of nitrogens with one attached hydrogen (secondary N) is 1. The Morgan fingerprint density at radius 2 is 1.89 bits per heavy atom. The molecule has 0 aliphatic rings. The van der Waals surface area contributed by atoms with E-state index in [4.69, 9.17) is 11.0 Å². The first-order valence-electron chi connectivity index (χ1n) is 6.18. The molecule has 19 heavy (non-hydrogen) atoms. The maximum atomic E-state index is 13.8. The molecule has 3 N–H and O–H groups in total. The van der Waals surface area contributed by atoms with E-state index in [1.165, 1.54) is 0 Å². The SMILES string of the molecule is CC(C)CC(C)(CN)Nc1c(F)cc(C#N)cc1F. The van der Waals surface area contributed by atoms with Crippen molar-refractivity contribution in [3.63, 3.8) is 0 Å². The van der Waals surface area contributed by atoms with Crippen LogP contribution in [0.5, 0.6) is 0 Å². The second kappa shape index (κ2) is 5.98. The molecular weight excluding hydrogens is 248 g/mol. The zero-order valence-electron chi connectivity index (χ0n) is 11.4. The van der Waals surface area contributed by atoms with Crippen molar-refractivity contribution >= 4 is 5.69 Å². The van der Waals surface area contributed by atoms with Crippen molar-refractivity contribution in [2.75, 3.05) is 11.9 Å². The molecule has 1 aromatic rings. The molecule has 0 amide bonds. The molecule has 1 atom stereocenters. The van der Waals surface area contributed by atoms with Crippen LogP contribution in [0.2, 0.25) is 0 Å². The third kappa shape index (κ3) is 3.90. The van der Waals surface area contributed by atoms with Crippen molar-refractivity contribution in [3.8, 4) is 6.07 Å². The number of hydrogen-bond donors (Lipinski definition) is 2. The van der Waals surface area contributed by atoms with Crippen molar-refractivity contribution in [2.45, 2.75) is 32.7 Å². The Kier molecular flexibility index (Phi) is 4.84. The predicted molar refractivity (Wildman–Crippen MR) is 71.6 cm³/mol. The lowest BCUT2D eigenvalue weighted by Gasteiger charge is -2.32. The van der Waals surface area contributed by atoms with Crippen molar-refractivity contribution in [1.29, 1.82) is 5.26 Å². The number of anilines is 1. The van der Waals surface area contributed by atoms with Gasteiger partial charge in [-0.05, 0) is 31.4 Å². The summed E-state index contributed by atoms with van der Waals surface area (Å²) in [6, 6.07) is 3.74. The zero-order chi connectivity index (χ0) is 14.6. The number of halogens is 2. The van der Waals surface area contributed by atoms with Gasteiger partial charge in [-0.3, -0.25) is 0 Å². The quantitative estimate of drug-likeness (QED) is 0.862. The maximum Gasteiger partial charge on any atom is 0.150 e. The van der Waals surface area contributed by atoms with Gasteiger partial charge in [0, 0.05) is 12.1 Å². The Balaban J connectivity index is 3.08. The summed E-state index contributed by atoms with van der Waals surface area (Å²) >= 11 is 0. The smallest absolute Gasteiger partial charge is 0.150 e. The van der Waals surface area contributed by atoms with Crippen LogP contribution in [0, 0.1) is 28.9 Å². The van der Waals surface area contributed by atoms with Gasteiger partial charge in [-0.25, -0.2) is 8.78 Å². The molecule has 0 saturated heterocycles. The van der Waals surface area contributed by atoms with E-state index in [1.54, 1.807) is 6.07 Å². The van der Waals surface area contributed by atoms with Crippen molar-refractivity contribution in [2.24, 2.45) is 11.7 Å². The van der Waals surface area contributed by atoms with Crippen LogP contribution >= 0.6 is 0 Å². The first kappa shape index (κ1) is 15.4. The van der Waals surface area contributed by atoms with E-state index in [0.29, 0.717) is 12.3 Å². The van der Waals surface area contributed by atoms with Gasteiger partial charge in [0.1, 0.15) is 5.69 Å². The lowest BCUT2D eigenvalue weighted by molar-refractivity contribution is 0.402. The van der Waals surface area contributed by atoms with E-state index in [9.17, 15) is 8.78 Å². The minimum Gasteiger partial charge on any atom is -0.374 e. The standard InChI is InChI=1S/C14H19F2N3/c1-9(2)6-14(3,8-18)19-13-11(15)4-10(7-17)5-12(13)16/h4-5,9,19H,6,8,18H2,1-3H3. The lowest BCUT2D eigenvalue weighted by atomic mass is 9.90. The van der Waals surface area contributed by atoms with Crippen molar-refractivity contribution in [3.05, 3.63) is 29.3 Å². The van der Waals surface area contributed by atoms with Crippen molar-refractivity contribution in [1.82, 2.24) is 0 Å². The average molecular weight is 267 g/mol. The van der Waals surface area contributed by atoms with Gasteiger partial charge in [0.05, 0.1) is 11.6 Å². The summed E-state index contributed by atoms with van der Waals surface area (Å²) in [7, 11) is 0. The predicted octanol–water partition coefficient (Wildman–Crippen LogP) is 3.01. The summed E-state index contributed by atoms with van der Waals surface area (Å²) in [5.41, 5.74) is 4.83. The summed E-state index contributed by atoms with van der Waals surface area (Å²) in [4.78, 5) is 0. The Labute approximate surface area is 112 Å². The summed E-state index contributed by atoms with van der Waals surface area (Å²) in [6.07, 6.45) is 0.683. The van der Waals surface area contributed by atoms with Gasteiger partial charge in [-0.1, -0.05) is 13.8 Å². The average Bonchev–Trinajstić information content (AvgIpc) is 2.32. The largest absolute Gasteiger partial charge is 0.374 e. The fourth-order valence-corrected chi connectivity index (χ4v) is 2.15. The van der Waals surface area contributed by atoms with E-state index in [1.807, 2.05) is 20.8 Å². The van der Waals surface area contributed by atoms with E-state index in [-0.39, 0.29) is 17.8 Å². The minimum absolute atomic E-state index is 0.0427. The molecule has 104 valence electrons. The van der Waals surface area contributed by atoms with Gasteiger partial charge in [0.15, 0.2) is 11.6 Å². The highest BCUT2D eigenvalue weighted by Crippen LogP contribution is 2.27. The van der Waals surface area contributed by atoms with Gasteiger partial charge in [-0.15, -0.1) is 0 Å². The monoisotopic (exact) mass is 267 g/mol. The molecule has 1 unspecified atom stereocenters. The number of nitrogens with zero attached hydrogens (tertiary/aromatic N) is 1. The highest BCUT2D eigenvalue weighted by Gasteiger charge is 2.26. The lowest BCUT2D eigenvalue weighted by Crippen LogP contribution is -2.44. The van der Waals surface area contributed by atoms with Crippen molar-refractivity contribution < 1.29 is 8.78 Å². The number of hydrogen-bond acceptors (Lipinski definition) is 3. The molecule has 0 bridgehead atoms. The molecule has 0 aliphatic heterocycles. The van der Waals surface area contributed by atoms with Crippen LogP contribution in [0.1, 0.15) is 32.8 Å². The Hall–Kier alpha value is -1.67. The maximum absolute atomic E-state index is 13.8. The number of nitriles is 1. The highest BCUT2D eigenvalue weighted by molar-refractivity contribution is 5.52. The molecule has 0 radical (unpaired) electrons. The molecule has 0 aromatic heterocycles. The third-order valence-electron chi connectivity index (χ3n) is 2.91. The minimum atomic E-state index is -0.778. The molecule has 0 spiro atoms. The summed E-state index contributed by atoms with van der Waals surface area (Å²) in [5, 5.41) is 11.5. The number of rotatable bonds is 5. The fourth-order valence-electron chi connectivity index (χ4n) is 2.15. The zero-order valence-corrected chi connectivity index (χ0v) is 11.4. The molecule has 0 heterocycles. The van der Waals surface area contributed by atoms with Crippen LogP contribution in [0.3, 0.4) is 0 Å². The molecule has 1 aromatic carbocycles. The molecule has 0 aliphatic carbocycles. The topological polar surface area (TPSA) is 61.8 Å². The molecule has 5 heteroatoms. The second-order valence-corrected chi connectivity index (χ2v) is 5.41. The first-order chi connectivity index (χ1) is 8.81. The summed E-state index contributed by atoms with van der Waals surface area (Å²) in [5.74, 6) is -1.22. The second-order valence-electron chi connectivity index (χ2n) is 5.41. The van der Waals surface area contributed by atoms with Gasteiger partial charge in [0.25, 0.3) is 0 Å². The number of benzene rings is 1. The van der Waals surface area contributed by atoms with E-state index in [0.717, 1.165) is 12.1 Å². The van der Waals surface area contributed by atoms with E-state index < -0.39 is 17.2 Å². The summed E-state index contributed by atoms with van der Waals surface area (Å²) in [6.45, 7) is 6.11. The van der Waals surface area contributed by atoms with Gasteiger partial charge in [0.2, 0.25) is 0 Å². The Bertz CT molecular complexity index is 471.